The second-order valence-corrected chi connectivity index (χ2v) is 14.4. The zero-order chi connectivity index (χ0) is 12.7. The Labute approximate surface area is 110 Å². The monoisotopic (exact) mass is 274 g/mol. The minimum atomic E-state index is -1.74. The number of hydrogen-bond donors (Lipinski definition) is 0. The first kappa shape index (κ1) is 11.2. The summed E-state index contributed by atoms with van der Waals surface area (Å²) in [6.07, 6.45) is 4.79. The lowest BCUT2D eigenvalue weighted by Gasteiger charge is -2.23. The van der Waals surface area contributed by atoms with Gasteiger partial charge in [-0.1, -0.05) is 24.3 Å². The molecule has 3 aliphatic rings. The van der Waals surface area contributed by atoms with E-state index >= 15 is 0 Å². The smallest absolute Gasteiger partial charge is 0.206 e. The highest BCUT2D eigenvalue weighted by atomic mass is 28.4. The highest BCUT2D eigenvalue weighted by molar-refractivity contribution is 7.06. The Kier molecular flexibility index (Phi) is 1.90. The van der Waals surface area contributed by atoms with Gasteiger partial charge in [-0.15, -0.1) is 0 Å². The van der Waals surface area contributed by atoms with E-state index < -0.39 is 16.6 Å². The van der Waals surface area contributed by atoms with Gasteiger partial charge in [-0.05, 0) is 47.7 Å². The maximum Gasteiger partial charge on any atom is 0.206 e. The van der Waals surface area contributed by atoms with E-state index in [0.717, 1.165) is 0 Å². The number of ether oxygens (including phenoxy) is 1. The van der Waals surface area contributed by atoms with Gasteiger partial charge in [0, 0.05) is 0 Å². The van der Waals surface area contributed by atoms with Crippen molar-refractivity contribution in [3.8, 4) is 0 Å². The summed E-state index contributed by atoms with van der Waals surface area (Å²) in [7, 11) is -3.43. The van der Waals surface area contributed by atoms with Crippen LogP contribution in [0.1, 0.15) is 23.3 Å². The second-order valence-electron chi connectivity index (χ2n) is 6.48. The minimum absolute atomic E-state index is 0.193. The molecule has 4 rings (SSSR count). The standard InChI is InChI=1S/C14H18O2Si2/c1-17(2)12-8-5-9-10-6-7-11(15-10)13(9)14(12)18(3,4)16-17/h5-8,10-11H,1-4H3/t10-,11+/m0/s1. The molecule has 18 heavy (non-hydrogen) atoms. The quantitative estimate of drug-likeness (QED) is 0.533. The molecule has 1 aromatic carbocycles. The van der Waals surface area contributed by atoms with Crippen molar-refractivity contribution < 1.29 is 8.85 Å². The number of hydrogen-bond acceptors (Lipinski definition) is 2. The summed E-state index contributed by atoms with van der Waals surface area (Å²) < 4.78 is 12.5. The average molecular weight is 274 g/mol. The first-order valence-electron chi connectivity index (χ1n) is 6.62. The SMILES string of the molecule is C[Si]1(C)O[Si](C)(C)c2c1ccc1c2[C@H]2C=C[C@@H]1O2. The van der Waals surface area contributed by atoms with Gasteiger partial charge >= 0.3 is 0 Å². The lowest BCUT2D eigenvalue weighted by Crippen LogP contribution is -2.47. The van der Waals surface area contributed by atoms with E-state index in [1.807, 2.05) is 0 Å². The van der Waals surface area contributed by atoms with Gasteiger partial charge in [0.05, 0.1) is 0 Å². The van der Waals surface area contributed by atoms with Gasteiger partial charge in [-0.2, -0.15) is 0 Å². The molecule has 2 bridgehead atoms. The summed E-state index contributed by atoms with van der Waals surface area (Å²) in [5.74, 6) is 0. The number of benzene rings is 1. The molecule has 0 radical (unpaired) electrons. The van der Waals surface area contributed by atoms with Gasteiger partial charge in [0.15, 0.2) is 0 Å². The van der Waals surface area contributed by atoms with Gasteiger partial charge in [0.25, 0.3) is 0 Å². The third-order valence-electron chi connectivity index (χ3n) is 4.39. The van der Waals surface area contributed by atoms with Crippen LogP contribution in [0.3, 0.4) is 0 Å². The first-order chi connectivity index (χ1) is 8.40. The molecule has 2 atom stereocenters. The normalized spacial score (nSPS) is 32.7. The maximum atomic E-state index is 6.54. The van der Waals surface area contributed by atoms with E-state index in [-0.39, 0.29) is 12.2 Å². The fourth-order valence-electron chi connectivity index (χ4n) is 3.88. The Morgan fingerprint density at radius 1 is 0.944 bits per heavy atom. The van der Waals surface area contributed by atoms with Gasteiger partial charge in [-0.3, -0.25) is 0 Å². The lowest BCUT2D eigenvalue weighted by atomic mass is 9.97. The van der Waals surface area contributed by atoms with Crippen LogP contribution in [0, 0.1) is 0 Å². The molecule has 94 valence electrons. The Bertz CT molecular complexity index is 590. The van der Waals surface area contributed by atoms with Crippen molar-refractivity contribution in [1.82, 2.24) is 0 Å². The minimum Gasteiger partial charge on any atom is -0.449 e. The topological polar surface area (TPSA) is 18.5 Å². The van der Waals surface area contributed by atoms with E-state index in [2.05, 4.69) is 50.5 Å². The Hall–Kier alpha value is -0.686. The fourth-order valence-corrected chi connectivity index (χ4v) is 14.5. The largest absolute Gasteiger partial charge is 0.449 e. The summed E-state index contributed by atoms with van der Waals surface area (Å²) in [6, 6.07) is 4.59. The molecule has 0 spiro atoms. The van der Waals surface area contributed by atoms with E-state index in [4.69, 9.17) is 8.85 Å². The molecule has 0 unspecified atom stereocenters. The first-order valence-corrected chi connectivity index (χ1v) is 12.4. The van der Waals surface area contributed by atoms with Crippen LogP contribution in [0.2, 0.25) is 26.2 Å². The predicted molar refractivity (Wildman–Crippen MR) is 77.5 cm³/mol. The van der Waals surface area contributed by atoms with Crippen molar-refractivity contribution in [2.45, 2.75) is 38.4 Å². The Morgan fingerprint density at radius 3 is 2.44 bits per heavy atom. The molecular weight excluding hydrogens is 256 g/mol. The van der Waals surface area contributed by atoms with E-state index in [9.17, 15) is 0 Å². The average Bonchev–Trinajstić information content (AvgIpc) is 2.90. The molecule has 3 aliphatic heterocycles. The molecule has 0 saturated carbocycles. The molecule has 0 fully saturated rings. The molecule has 0 aromatic heterocycles. The van der Waals surface area contributed by atoms with E-state index in [1.54, 1.807) is 5.19 Å². The predicted octanol–water partition coefficient (Wildman–Crippen LogP) is 2.22. The molecule has 4 heteroatoms. The molecule has 2 nitrogen and oxygen atoms in total. The third-order valence-corrected chi connectivity index (χ3v) is 12.2. The van der Waals surface area contributed by atoms with Crippen molar-refractivity contribution >= 4 is 27.0 Å². The highest BCUT2D eigenvalue weighted by Gasteiger charge is 2.51. The molecule has 0 aliphatic carbocycles. The molecule has 1 aromatic rings. The highest BCUT2D eigenvalue weighted by Crippen LogP contribution is 2.46. The summed E-state index contributed by atoms with van der Waals surface area (Å²) in [6.45, 7) is 9.32. The molecule has 0 amide bonds. The Morgan fingerprint density at radius 2 is 1.67 bits per heavy atom. The van der Waals surface area contributed by atoms with Gasteiger partial charge in [-0.25, -0.2) is 0 Å². The Balaban J connectivity index is 2.05. The zero-order valence-electron chi connectivity index (χ0n) is 11.3. The molecule has 0 N–H and O–H groups in total. The number of fused-ring (bicyclic) bond motifs is 7. The molecule has 3 heterocycles. The van der Waals surface area contributed by atoms with Gasteiger partial charge in [0.1, 0.15) is 12.2 Å². The van der Waals surface area contributed by atoms with Crippen LogP contribution in [-0.4, -0.2) is 16.6 Å². The lowest BCUT2D eigenvalue weighted by molar-refractivity contribution is 0.0881. The van der Waals surface area contributed by atoms with Crippen molar-refractivity contribution in [3.63, 3.8) is 0 Å². The van der Waals surface area contributed by atoms with Crippen molar-refractivity contribution in [2.24, 2.45) is 0 Å². The van der Waals surface area contributed by atoms with Crippen LogP contribution in [-0.2, 0) is 8.85 Å². The van der Waals surface area contributed by atoms with E-state index in [0.29, 0.717) is 0 Å². The van der Waals surface area contributed by atoms with Gasteiger partial charge in [0.2, 0.25) is 16.6 Å². The summed E-state index contributed by atoms with van der Waals surface area (Å²) in [4.78, 5) is 0. The van der Waals surface area contributed by atoms with Gasteiger partial charge < -0.3 is 8.85 Å². The zero-order valence-corrected chi connectivity index (χ0v) is 13.3. The van der Waals surface area contributed by atoms with Crippen molar-refractivity contribution in [1.29, 1.82) is 0 Å². The van der Waals surface area contributed by atoms with Crippen LogP contribution in [0.15, 0.2) is 24.3 Å². The molecule has 0 saturated heterocycles. The summed E-state index contributed by atoms with van der Waals surface area (Å²) in [5.41, 5.74) is 2.84. The van der Waals surface area contributed by atoms with Crippen LogP contribution in [0.5, 0.6) is 0 Å². The third kappa shape index (κ3) is 1.19. The van der Waals surface area contributed by atoms with Crippen LogP contribution >= 0.6 is 0 Å². The van der Waals surface area contributed by atoms with Crippen molar-refractivity contribution in [2.75, 3.05) is 0 Å². The summed E-state index contributed by atoms with van der Waals surface area (Å²) in [5, 5.41) is 3.07. The fraction of sp³-hybridized carbons (Fsp3) is 0.429. The van der Waals surface area contributed by atoms with Crippen LogP contribution in [0.4, 0.5) is 0 Å². The van der Waals surface area contributed by atoms with Crippen molar-refractivity contribution in [3.05, 3.63) is 35.4 Å². The molecular formula is C14H18O2Si2. The van der Waals surface area contributed by atoms with E-state index in [1.165, 1.54) is 16.3 Å². The van der Waals surface area contributed by atoms with Crippen LogP contribution in [0.25, 0.3) is 0 Å². The second kappa shape index (κ2) is 3.07. The number of rotatable bonds is 0. The summed E-state index contributed by atoms with van der Waals surface area (Å²) >= 11 is 0. The van der Waals surface area contributed by atoms with Crippen LogP contribution < -0.4 is 10.4 Å². The maximum absolute atomic E-state index is 6.54.